The topological polar surface area (TPSA) is 33.4 Å². The van der Waals surface area contributed by atoms with Crippen molar-refractivity contribution in [3.63, 3.8) is 0 Å². The predicted octanol–water partition coefficient (Wildman–Crippen LogP) is 5.48. The average molecular weight is 514 g/mol. The second kappa shape index (κ2) is 12.2. The Morgan fingerprint density at radius 2 is 1.78 bits per heavy atom. The summed E-state index contributed by atoms with van der Waals surface area (Å²) in [5.74, 6) is 0. The average Bonchev–Trinajstić information content (AvgIpc) is 3.41. The number of hydrogen-bond acceptors (Lipinski definition) is 3. The van der Waals surface area contributed by atoms with Crippen molar-refractivity contribution in [2.24, 2.45) is 0 Å². The quantitative estimate of drug-likeness (QED) is 0.207. The zero-order valence-electron chi connectivity index (χ0n) is 19.1. The summed E-state index contributed by atoms with van der Waals surface area (Å²) in [5.41, 5.74) is 4.00. The first-order valence-electron chi connectivity index (χ1n) is 10.1. The molecule has 4 rings (SSSR count). The van der Waals surface area contributed by atoms with Gasteiger partial charge in [0.15, 0.2) is 5.52 Å². The first kappa shape index (κ1) is 28.0. The Kier molecular flexibility index (Phi) is 10.7. The van der Waals surface area contributed by atoms with E-state index in [1.165, 1.54) is 11.1 Å². The molecule has 32 heavy (non-hydrogen) atoms. The van der Waals surface area contributed by atoms with Gasteiger partial charge in [0.1, 0.15) is 11.8 Å². The van der Waals surface area contributed by atoms with Gasteiger partial charge in [0.05, 0.1) is 0 Å². The zero-order valence-corrected chi connectivity index (χ0v) is 21.3. The van der Waals surface area contributed by atoms with Gasteiger partial charge in [-0.25, -0.2) is 16.9 Å². The van der Waals surface area contributed by atoms with Crippen LogP contribution in [0.1, 0.15) is 26.3 Å². The predicted molar refractivity (Wildman–Crippen MR) is 122 cm³/mol. The third-order valence-electron chi connectivity index (χ3n) is 4.49. The first-order chi connectivity index (χ1) is 14.2. The molecule has 0 aliphatic heterocycles. The van der Waals surface area contributed by atoms with E-state index < -0.39 is 5.60 Å². The summed E-state index contributed by atoms with van der Waals surface area (Å²) in [6, 6.07) is 24.6. The van der Waals surface area contributed by atoms with Crippen molar-refractivity contribution in [1.29, 1.82) is 0 Å². The normalized spacial score (nSPS) is 10.7. The second-order valence-electron chi connectivity index (χ2n) is 8.65. The van der Waals surface area contributed by atoms with Crippen LogP contribution in [0.25, 0.3) is 22.0 Å². The van der Waals surface area contributed by atoms with Gasteiger partial charge in [-0.1, -0.05) is 11.6 Å². The van der Waals surface area contributed by atoms with Crippen LogP contribution in [0.5, 0.6) is 0 Å². The molecular weight excluding hydrogens is 484 g/mol. The monoisotopic (exact) mass is 514 g/mol. The van der Waals surface area contributed by atoms with Crippen LogP contribution in [0.4, 0.5) is 4.79 Å². The number of hydrogen-bond donors (Lipinski definition) is 0. The standard InChI is InChI=1S/C21H25N2O2.C5H5.2Fe/c1-21(2,3)25-20(24)23-11-10-18-13-17(8-9-19(18)23)16-7-6-15(12-16)14-22(4)5;1-2-4-5-3-1;;/h6-13H,14H2,1-5H3;1-5H;;/q2*-1;;. The van der Waals surface area contributed by atoms with Gasteiger partial charge in [-0.3, -0.25) is 0 Å². The largest absolute Gasteiger partial charge is 0.545 e. The molecule has 0 radical (unpaired) electrons. The summed E-state index contributed by atoms with van der Waals surface area (Å²) in [5, 5.41) is 1.03. The minimum Gasteiger partial charge on any atom is -0.435 e. The van der Waals surface area contributed by atoms with Crippen LogP contribution in [0.15, 0.2) is 79.0 Å². The van der Waals surface area contributed by atoms with E-state index in [1.54, 1.807) is 10.8 Å². The summed E-state index contributed by atoms with van der Waals surface area (Å²) >= 11 is 0. The molecule has 0 amide bonds. The molecule has 0 bridgehead atoms. The Hall–Kier alpha value is -2.07. The maximum Gasteiger partial charge on any atom is 0.545 e. The Labute approximate surface area is 212 Å². The summed E-state index contributed by atoms with van der Waals surface area (Å²) in [4.78, 5) is 14.5. The van der Waals surface area contributed by atoms with Crippen LogP contribution in [0.2, 0.25) is 0 Å². The van der Waals surface area contributed by atoms with Crippen LogP contribution in [-0.2, 0) is 45.4 Å². The van der Waals surface area contributed by atoms with Crippen molar-refractivity contribution in [1.82, 2.24) is 4.90 Å². The Bertz CT molecular complexity index is 1070. The van der Waals surface area contributed by atoms with Crippen molar-refractivity contribution in [2.45, 2.75) is 32.9 Å². The second-order valence-corrected chi connectivity index (χ2v) is 8.65. The third-order valence-corrected chi connectivity index (χ3v) is 4.49. The number of benzene rings is 1. The molecule has 6 heteroatoms. The smallest absolute Gasteiger partial charge is 0.435 e. The molecule has 174 valence electrons. The molecule has 0 N–H and O–H groups in total. The number of aromatic nitrogens is 1. The number of carbonyl (C=O) groups excluding carboxylic acids is 1. The van der Waals surface area contributed by atoms with Gasteiger partial charge < -0.3 is 9.64 Å². The fourth-order valence-electron chi connectivity index (χ4n) is 3.25. The van der Waals surface area contributed by atoms with E-state index in [-0.39, 0.29) is 40.2 Å². The van der Waals surface area contributed by atoms with E-state index in [0.29, 0.717) is 0 Å². The van der Waals surface area contributed by atoms with E-state index >= 15 is 0 Å². The fourth-order valence-corrected chi connectivity index (χ4v) is 3.25. The van der Waals surface area contributed by atoms with Gasteiger partial charge in [-0.2, -0.15) is 22.8 Å². The summed E-state index contributed by atoms with van der Waals surface area (Å²) < 4.78 is 7.03. The number of fused-ring (bicyclic) bond motifs is 1. The van der Waals surface area contributed by atoms with Gasteiger partial charge in [-0.15, -0.1) is 41.5 Å². The Balaban J connectivity index is 0.000000647. The van der Waals surface area contributed by atoms with Gasteiger partial charge >= 0.3 is 6.09 Å². The first-order valence-corrected chi connectivity index (χ1v) is 10.1. The van der Waals surface area contributed by atoms with Crippen molar-refractivity contribution < 1.29 is 48.2 Å². The molecule has 3 aromatic carbocycles. The van der Waals surface area contributed by atoms with Crippen molar-refractivity contribution in [3.05, 3.63) is 84.6 Å². The van der Waals surface area contributed by atoms with Crippen LogP contribution in [0.3, 0.4) is 0 Å². The molecule has 0 aliphatic rings. The Morgan fingerprint density at radius 1 is 1.09 bits per heavy atom. The van der Waals surface area contributed by atoms with E-state index in [9.17, 15) is 4.79 Å². The zero-order chi connectivity index (χ0) is 21.7. The van der Waals surface area contributed by atoms with Crippen LogP contribution < -0.4 is 4.57 Å². The number of ether oxygens (including phenoxy) is 1. The van der Waals surface area contributed by atoms with E-state index in [1.807, 2.05) is 63.2 Å². The summed E-state index contributed by atoms with van der Waals surface area (Å²) in [6.07, 6.45) is 1.42. The number of nitrogens with zero attached hydrogens (tertiary/aromatic N) is 2. The van der Waals surface area contributed by atoms with Gasteiger partial charge in [-0.05, 0) is 52.9 Å². The summed E-state index contributed by atoms with van der Waals surface area (Å²) in [7, 11) is 4.14. The molecule has 0 saturated carbocycles. The molecule has 0 saturated heterocycles. The maximum absolute atomic E-state index is 12.3. The maximum atomic E-state index is 12.3. The van der Waals surface area contributed by atoms with E-state index in [4.69, 9.17) is 4.74 Å². The van der Waals surface area contributed by atoms with Gasteiger partial charge in [0.2, 0.25) is 0 Å². The SMILES string of the molecule is CN(C)Cc1cc[c-](-c2cc[c-]3c(cc[n+]3C(=O)OC(C)(C)C)c2)c1.[Fe].[Fe].c1cc[cH-]c1. The molecule has 4 nitrogen and oxygen atoms in total. The molecule has 1 aromatic heterocycles. The molecule has 0 fully saturated rings. The minimum absolute atomic E-state index is 0. The van der Waals surface area contributed by atoms with Crippen molar-refractivity contribution in [2.75, 3.05) is 14.1 Å². The number of rotatable bonds is 3. The molecule has 0 spiro atoms. The number of carbonyl (C=O) groups is 1. The van der Waals surface area contributed by atoms with Gasteiger partial charge in [0, 0.05) is 34.1 Å². The molecule has 1 heterocycles. The fraction of sp³-hybridized carbons (Fsp3) is 0.269. The van der Waals surface area contributed by atoms with Crippen LogP contribution >= 0.6 is 0 Å². The van der Waals surface area contributed by atoms with Crippen molar-refractivity contribution >= 4 is 17.0 Å². The van der Waals surface area contributed by atoms with Crippen LogP contribution in [-0.4, -0.2) is 30.7 Å². The molecule has 0 aliphatic carbocycles. The summed E-state index contributed by atoms with van der Waals surface area (Å²) in [6.45, 7) is 6.54. The third kappa shape index (κ3) is 7.81. The minimum atomic E-state index is -0.508. The molecular formula is C26H30Fe2N2O2-2. The van der Waals surface area contributed by atoms with Gasteiger partial charge in [0.25, 0.3) is 0 Å². The molecule has 4 aromatic rings. The van der Waals surface area contributed by atoms with E-state index in [2.05, 4.69) is 49.3 Å². The van der Waals surface area contributed by atoms with E-state index in [0.717, 1.165) is 23.0 Å². The van der Waals surface area contributed by atoms with Crippen molar-refractivity contribution in [3.8, 4) is 11.1 Å². The molecule has 0 atom stereocenters. The van der Waals surface area contributed by atoms with Crippen LogP contribution in [0, 0.1) is 0 Å². The molecule has 0 unspecified atom stereocenters. The Morgan fingerprint density at radius 3 is 2.34 bits per heavy atom.